The minimum Gasteiger partial charge on any atom is -0.387 e. The van der Waals surface area contributed by atoms with Crippen molar-refractivity contribution >= 4 is 17.2 Å². The molecule has 0 bridgehead atoms. The summed E-state index contributed by atoms with van der Waals surface area (Å²) in [6.07, 6.45) is 2.04. The van der Waals surface area contributed by atoms with Crippen LogP contribution in [0.2, 0.25) is 5.02 Å². The molecule has 1 atom stereocenters. The van der Waals surface area contributed by atoms with E-state index >= 15 is 0 Å². The highest BCUT2D eigenvalue weighted by Gasteiger charge is 2.27. The summed E-state index contributed by atoms with van der Waals surface area (Å²) < 4.78 is 1.90. The van der Waals surface area contributed by atoms with Gasteiger partial charge in [-0.1, -0.05) is 39.3 Å². The summed E-state index contributed by atoms with van der Waals surface area (Å²) in [5, 5.41) is 10.9. The van der Waals surface area contributed by atoms with Crippen molar-refractivity contribution in [3.05, 3.63) is 34.7 Å². The highest BCUT2D eigenvalue weighted by Crippen LogP contribution is 2.33. The van der Waals surface area contributed by atoms with Crippen molar-refractivity contribution in [2.75, 3.05) is 0 Å². The minimum atomic E-state index is -0.521. The van der Waals surface area contributed by atoms with Crippen molar-refractivity contribution in [3.8, 4) is 0 Å². The smallest absolute Gasteiger partial charge is 0.156 e. The Balaban J connectivity index is 2.81. The van der Waals surface area contributed by atoms with E-state index in [-0.39, 0.29) is 5.41 Å². The van der Waals surface area contributed by atoms with Gasteiger partial charge in [0.15, 0.2) is 5.65 Å². The molecular formula is C14H19ClN2O. The van der Waals surface area contributed by atoms with Crippen molar-refractivity contribution in [3.63, 3.8) is 0 Å². The quantitative estimate of drug-likeness (QED) is 0.899. The summed E-state index contributed by atoms with van der Waals surface area (Å²) in [4.78, 5) is 4.62. The zero-order chi connectivity index (χ0) is 13.5. The fourth-order valence-electron chi connectivity index (χ4n) is 2.12. The molecule has 0 aliphatic heterocycles. The van der Waals surface area contributed by atoms with Crippen LogP contribution in [0.4, 0.5) is 0 Å². The van der Waals surface area contributed by atoms with Crippen LogP contribution in [0.5, 0.6) is 0 Å². The summed E-state index contributed by atoms with van der Waals surface area (Å²) in [6, 6.07) is 3.69. The van der Waals surface area contributed by atoms with Crippen LogP contribution in [0.25, 0.3) is 5.65 Å². The van der Waals surface area contributed by atoms with E-state index in [0.29, 0.717) is 17.1 Å². The van der Waals surface area contributed by atoms with Gasteiger partial charge in [-0.15, -0.1) is 0 Å². The Morgan fingerprint density at radius 1 is 1.44 bits per heavy atom. The lowest BCUT2D eigenvalue weighted by atomic mass is 9.89. The molecule has 0 aliphatic carbocycles. The molecule has 4 heteroatoms. The molecular weight excluding hydrogens is 248 g/mol. The number of aliphatic hydroxyl groups excluding tert-OH is 1. The number of pyridine rings is 1. The van der Waals surface area contributed by atoms with Crippen LogP contribution >= 0.6 is 11.6 Å². The van der Waals surface area contributed by atoms with Crippen LogP contribution in [-0.2, 0) is 5.41 Å². The molecule has 0 spiro atoms. The summed E-state index contributed by atoms with van der Waals surface area (Å²) >= 11 is 6.18. The van der Waals surface area contributed by atoms with Gasteiger partial charge < -0.3 is 5.11 Å². The summed E-state index contributed by atoms with van der Waals surface area (Å²) in [5.41, 5.74) is 2.35. The number of nitrogens with zero attached hydrogens (tertiary/aromatic N) is 2. The van der Waals surface area contributed by atoms with Gasteiger partial charge in [0.2, 0.25) is 0 Å². The average molecular weight is 267 g/mol. The summed E-state index contributed by atoms with van der Waals surface area (Å²) in [6.45, 7) is 8.23. The Morgan fingerprint density at radius 2 is 2.11 bits per heavy atom. The number of aromatic nitrogens is 2. The van der Waals surface area contributed by atoms with Gasteiger partial charge in [-0.05, 0) is 18.6 Å². The highest BCUT2D eigenvalue weighted by atomic mass is 35.5. The molecule has 0 aromatic carbocycles. The van der Waals surface area contributed by atoms with Gasteiger partial charge >= 0.3 is 0 Å². The first kappa shape index (κ1) is 13.4. The van der Waals surface area contributed by atoms with Crippen LogP contribution in [0.1, 0.15) is 51.6 Å². The summed E-state index contributed by atoms with van der Waals surface area (Å²) in [7, 11) is 0. The second kappa shape index (κ2) is 4.56. The first-order valence-corrected chi connectivity index (χ1v) is 6.59. The number of imidazole rings is 1. The maximum absolute atomic E-state index is 10.2. The van der Waals surface area contributed by atoms with Crippen molar-refractivity contribution < 1.29 is 5.11 Å². The highest BCUT2D eigenvalue weighted by molar-refractivity contribution is 6.33. The lowest BCUT2D eigenvalue weighted by Crippen LogP contribution is -2.16. The van der Waals surface area contributed by atoms with Crippen molar-refractivity contribution in [1.82, 2.24) is 9.38 Å². The molecule has 1 N–H and O–H groups in total. The monoisotopic (exact) mass is 266 g/mol. The van der Waals surface area contributed by atoms with Crippen LogP contribution in [0, 0.1) is 0 Å². The second-order valence-corrected chi connectivity index (χ2v) is 5.98. The third kappa shape index (κ3) is 2.13. The van der Waals surface area contributed by atoms with E-state index < -0.39 is 6.10 Å². The Bertz CT molecular complexity index is 569. The lowest BCUT2D eigenvalue weighted by Gasteiger charge is -2.20. The van der Waals surface area contributed by atoms with Gasteiger partial charge in [0.1, 0.15) is 0 Å². The standard InChI is InChI=1S/C14H19ClN2O/c1-5-10(18)11-12(14(2,3)4)16-13-9(15)7-6-8-17(11)13/h6-8,10,18H,5H2,1-4H3. The SMILES string of the molecule is CCC(O)c1c(C(C)(C)C)nc2c(Cl)cccn12. The largest absolute Gasteiger partial charge is 0.387 e. The normalized spacial score (nSPS) is 14.1. The van der Waals surface area contributed by atoms with Crippen LogP contribution in [0.15, 0.2) is 18.3 Å². The van der Waals surface area contributed by atoms with E-state index in [1.807, 2.05) is 29.7 Å². The van der Waals surface area contributed by atoms with Gasteiger partial charge in [0.25, 0.3) is 0 Å². The van der Waals surface area contributed by atoms with E-state index in [1.54, 1.807) is 0 Å². The Kier molecular flexibility index (Phi) is 3.39. The number of fused-ring (bicyclic) bond motifs is 1. The van der Waals surface area contributed by atoms with E-state index in [4.69, 9.17) is 11.6 Å². The molecule has 3 nitrogen and oxygen atoms in total. The molecule has 98 valence electrons. The van der Waals surface area contributed by atoms with E-state index in [1.165, 1.54) is 0 Å². The molecule has 0 radical (unpaired) electrons. The molecule has 0 saturated heterocycles. The number of hydrogen-bond acceptors (Lipinski definition) is 2. The Hall–Kier alpha value is -1.06. The number of hydrogen-bond donors (Lipinski definition) is 1. The van der Waals surface area contributed by atoms with Crippen LogP contribution in [0.3, 0.4) is 0 Å². The lowest BCUT2D eigenvalue weighted by molar-refractivity contribution is 0.165. The van der Waals surface area contributed by atoms with Gasteiger partial charge in [-0.25, -0.2) is 4.98 Å². The molecule has 0 fully saturated rings. The van der Waals surface area contributed by atoms with Gasteiger partial charge in [-0.2, -0.15) is 0 Å². The molecule has 0 aliphatic rings. The number of rotatable bonds is 2. The van der Waals surface area contributed by atoms with Crippen molar-refractivity contribution in [2.45, 2.75) is 45.6 Å². The number of aliphatic hydroxyl groups is 1. The van der Waals surface area contributed by atoms with E-state index in [9.17, 15) is 5.11 Å². The molecule has 1 unspecified atom stereocenters. The Labute approximate surface area is 112 Å². The third-order valence-corrected chi connectivity index (χ3v) is 3.35. The first-order valence-electron chi connectivity index (χ1n) is 6.21. The topological polar surface area (TPSA) is 37.5 Å². The van der Waals surface area contributed by atoms with Gasteiger partial charge in [0, 0.05) is 11.6 Å². The molecule has 2 aromatic rings. The molecule has 18 heavy (non-hydrogen) atoms. The van der Waals surface area contributed by atoms with Crippen molar-refractivity contribution in [2.24, 2.45) is 0 Å². The first-order chi connectivity index (χ1) is 8.36. The predicted molar refractivity (Wildman–Crippen MR) is 74.2 cm³/mol. The van der Waals surface area contributed by atoms with Crippen LogP contribution < -0.4 is 0 Å². The van der Waals surface area contributed by atoms with Crippen molar-refractivity contribution in [1.29, 1.82) is 0 Å². The Morgan fingerprint density at radius 3 is 2.67 bits per heavy atom. The molecule has 0 amide bonds. The van der Waals surface area contributed by atoms with Gasteiger partial charge in [-0.3, -0.25) is 4.40 Å². The fraction of sp³-hybridized carbons (Fsp3) is 0.500. The van der Waals surface area contributed by atoms with Gasteiger partial charge in [0.05, 0.1) is 22.5 Å². The minimum absolute atomic E-state index is 0.124. The zero-order valence-electron chi connectivity index (χ0n) is 11.2. The molecule has 2 heterocycles. The summed E-state index contributed by atoms with van der Waals surface area (Å²) in [5.74, 6) is 0. The molecule has 2 aromatic heterocycles. The predicted octanol–water partition coefficient (Wildman–Crippen LogP) is 3.73. The average Bonchev–Trinajstić information content (AvgIpc) is 2.68. The van der Waals surface area contributed by atoms with E-state index in [0.717, 1.165) is 11.4 Å². The fourth-order valence-corrected chi connectivity index (χ4v) is 2.32. The second-order valence-electron chi connectivity index (χ2n) is 5.57. The maximum Gasteiger partial charge on any atom is 0.156 e. The number of halogens is 1. The van der Waals surface area contributed by atoms with E-state index in [2.05, 4.69) is 25.8 Å². The molecule has 0 saturated carbocycles. The maximum atomic E-state index is 10.2. The van der Waals surface area contributed by atoms with Crippen LogP contribution in [-0.4, -0.2) is 14.5 Å². The third-order valence-electron chi connectivity index (χ3n) is 3.05. The molecule has 2 rings (SSSR count). The zero-order valence-corrected chi connectivity index (χ0v) is 12.0.